The predicted molar refractivity (Wildman–Crippen MR) is 91.4 cm³/mol. The molecule has 0 aromatic carbocycles. The minimum absolute atomic E-state index is 0.118. The smallest absolute Gasteiger partial charge is 0.213 e. The summed E-state index contributed by atoms with van der Waals surface area (Å²) in [5, 5.41) is 0. The van der Waals surface area contributed by atoms with Gasteiger partial charge in [-0.25, -0.2) is 17.7 Å². The molecule has 0 aliphatic carbocycles. The number of rotatable bonds is 5. The zero-order valence-corrected chi connectivity index (χ0v) is 15.0. The fourth-order valence-corrected chi connectivity index (χ4v) is 4.88. The van der Waals surface area contributed by atoms with E-state index in [2.05, 4.69) is 4.98 Å². The van der Waals surface area contributed by atoms with Crippen molar-refractivity contribution in [3.8, 4) is 5.88 Å². The van der Waals surface area contributed by atoms with Gasteiger partial charge in [-0.2, -0.15) is 0 Å². The molecular weight excluding hydrogens is 328 g/mol. The van der Waals surface area contributed by atoms with Gasteiger partial charge in [-0.1, -0.05) is 6.07 Å². The van der Waals surface area contributed by atoms with E-state index in [-0.39, 0.29) is 17.1 Å². The molecule has 0 N–H and O–H groups in total. The Morgan fingerprint density at radius 3 is 2.79 bits per heavy atom. The molecule has 134 valence electrons. The van der Waals surface area contributed by atoms with Crippen LogP contribution in [0.2, 0.25) is 0 Å². The summed E-state index contributed by atoms with van der Waals surface area (Å²) in [6, 6.07) is 5.62. The molecule has 2 saturated heterocycles. The summed E-state index contributed by atoms with van der Waals surface area (Å²) < 4.78 is 37.4. The van der Waals surface area contributed by atoms with Crippen LogP contribution in [-0.4, -0.2) is 56.4 Å². The molecule has 1 aromatic rings. The molecule has 7 heteroatoms. The predicted octanol–water partition coefficient (Wildman–Crippen LogP) is 1.93. The molecule has 2 fully saturated rings. The molecular formula is C17H26N2O4S. The quantitative estimate of drug-likeness (QED) is 0.808. The molecule has 1 aromatic heterocycles. The van der Waals surface area contributed by atoms with Gasteiger partial charge in [-0.3, -0.25) is 0 Å². The number of ether oxygens (including phenoxy) is 2. The third-order valence-corrected chi connectivity index (χ3v) is 7.36. The largest absolute Gasteiger partial charge is 0.477 e. The summed E-state index contributed by atoms with van der Waals surface area (Å²) in [5.74, 6) is 1.08. The van der Waals surface area contributed by atoms with E-state index in [1.807, 2.05) is 18.2 Å². The second-order valence-corrected chi connectivity index (χ2v) is 8.92. The van der Waals surface area contributed by atoms with Gasteiger partial charge in [0.05, 0.1) is 19.0 Å². The maximum absolute atomic E-state index is 12.1. The van der Waals surface area contributed by atoms with Crippen molar-refractivity contribution in [2.24, 2.45) is 11.3 Å². The highest BCUT2D eigenvalue weighted by Gasteiger charge is 2.45. The van der Waals surface area contributed by atoms with Gasteiger partial charge in [0.2, 0.25) is 15.9 Å². The number of nitrogens with zero attached hydrogens (tertiary/aromatic N) is 2. The van der Waals surface area contributed by atoms with Gasteiger partial charge in [0, 0.05) is 37.9 Å². The van der Waals surface area contributed by atoms with Crippen LogP contribution in [0.15, 0.2) is 24.4 Å². The van der Waals surface area contributed by atoms with Gasteiger partial charge >= 0.3 is 0 Å². The van der Waals surface area contributed by atoms with Gasteiger partial charge in [0.15, 0.2) is 0 Å². The monoisotopic (exact) mass is 354 g/mol. The van der Waals surface area contributed by atoms with Gasteiger partial charge < -0.3 is 9.47 Å². The summed E-state index contributed by atoms with van der Waals surface area (Å²) in [4.78, 5) is 4.20. The normalized spacial score (nSPS) is 24.8. The van der Waals surface area contributed by atoms with Gasteiger partial charge in [0.1, 0.15) is 0 Å². The Hall–Kier alpha value is -1.18. The fourth-order valence-electron chi connectivity index (χ4n) is 3.78. The number of pyridine rings is 1. The lowest BCUT2D eigenvalue weighted by Gasteiger charge is -2.48. The van der Waals surface area contributed by atoms with E-state index in [1.165, 1.54) is 0 Å². The van der Waals surface area contributed by atoms with Crippen LogP contribution < -0.4 is 4.74 Å². The zero-order chi connectivity index (χ0) is 17.0. The standard InChI is InChI=1S/C17H26N2O4S/c1-2-24(20,21)19-10-6-17(7-11-19)8-12-22-13-15(17)14-23-16-5-3-4-9-18-16/h3-5,9,15H,2,6-8,10-14H2,1H3. The average molecular weight is 354 g/mol. The van der Waals surface area contributed by atoms with Crippen LogP contribution in [0.4, 0.5) is 0 Å². The van der Waals surface area contributed by atoms with E-state index in [9.17, 15) is 8.42 Å². The Balaban J connectivity index is 1.64. The fraction of sp³-hybridized carbons (Fsp3) is 0.706. The molecule has 6 nitrogen and oxygen atoms in total. The van der Waals surface area contributed by atoms with E-state index < -0.39 is 10.0 Å². The first kappa shape index (κ1) is 17.6. The van der Waals surface area contributed by atoms with Crippen molar-refractivity contribution in [1.82, 2.24) is 9.29 Å². The summed E-state index contributed by atoms with van der Waals surface area (Å²) in [6.07, 6.45) is 4.46. The highest BCUT2D eigenvalue weighted by atomic mass is 32.2. The molecule has 0 bridgehead atoms. The van der Waals surface area contributed by atoms with Crippen LogP contribution in [0.5, 0.6) is 5.88 Å². The highest BCUT2D eigenvalue weighted by molar-refractivity contribution is 7.89. The van der Waals surface area contributed by atoms with Crippen LogP contribution in [0.25, 0.3) is 0 Å². The lowest BCUT2D eigenvalue weighted by atomic mass is 9.66. The third kappa shape index (κ3) is 3.73. The Kier molecular flexibility index (Phi) is 5.42. The third-order valence-electron chi connectivity index (χ3n) is 5.48. The maximum Gasteiger partial charge on any atom is 0.213 e. The number of sulfonamides is 1. The summed E-state index contributed by atoms with van der Waals surface area (Å²) in [7, 11) is -3.09. The Morgan fingerprint density at radius 2 is 2.12 bits per heavy atom. The summed E-state index contributed by atoms with van der Waals surface area (Å²) in [5.41, 5.74) is 0.118. The minimum Gasteiger partial charge on any atom is -0.477 e. The zero-order valence-electron chi connectivity index (χ0n) is 14.2. The van der Waals surface area contributed by atoms with Crippen molar-refractivity contribution in [1.29, 1.82) is 0 Å². The van der Waals surface area contributed by atoms with E-state index in [1.54, 1.807) is 17.4 Å². The lowest BCUT2D eigenvalue weighted by Crippen LogP contribution is -2.51. The maximum atomic E-state index is 12.1. The lowest BCUT2D eigenvalue weighted by molar-refractivity contribution is -0.0791. The van der Waals surface area contributed by atoms with Crippen molar-refractivity contribution in [2.75, 3.05) is 38.7 Å². The van der Waals surface area contributed by atoms with Crippen LogP contribution in [0.3, 0.4) is 0 Å². The summed E-state index contributed by atoms with van der Waals surface area (Å²) in [6.45, 7) is 4.91. The topological polar surface area (TPSA) is 68.7 Å². The Labute approximate surface area is 144 Å². The van der Waals surface area contributed by atoms with Crippen LogP contribution in [0, 0.1) is 11.3 Å². The molecule has 2 aliphatic rings. The minimum atomic E-state index is -3.09. The second kappa shape index (κ2) is 7.37. The number of aromatic nitrogens is 1. The molecule has 0 radical (unpaired) electrons. The molecule has 3 heterocycles. The van der Waals surface area contributed by atoms with Gasteiger partial charge in [0.25, 0.3) is 0 Å². The van der Waals surface area contributed by atoms with Crippen molar-refractivity contribution < 1.29 is 17.9 Å². The molecule has 1 atom stereocenters. The first-order chi connectivity index (χ1) is 11.6. The summed E-state index contributed by atoms with van der Waals surface area (Å²) >= 11 is 0. The van der Waals surface area contributed by atoms with E-state index in [0.717, 1.165) is 25.9 Å². The van der Waals surface area contributed by atoms with Crippen molar-refractivity contribution in [2.45, 2.75) is 26.2 Å². The van der Waals surface area contributed by atoms with Crippen molar-refractivity contribution >= 4 is 10.0 Å². The molecule has 2 aliphatic heterocycles. The Bertz CT molecular complexity index is 627. The molecule has 0 amide bonds. The number of hydrogen-bond acceptors (Lipinski definition) is 5. The average Bonchev–Trinajstić information content (AvgIpc) is 2.62. The van der Waals surface area contributed by atoms with Crippen molar-refractivity contribution in [3.63, 3.8) is 0 Å². The second-order valence-electron chi connectivity index (χ2n) is 6.66. The SMILES string of the molecule is CCS(=O)(=O)N1CCC2(CCOCC2COc2ccccn2)CC1. The van der Waals surface area contributed by atoms with Crippen LogP contribution >= 0.6 is 0 Å². The Morgan fingerprint density at radius 1 is 1.33 bits per heavy atom. The number of piperidine rings is 1. The molecule has 0 saturated carbocycles. The van der Waals surface area contributed by atoms with E-state index in [0.29, 0.717) is 32.2 Å². The first-order valence-corrected chi connectivity index (χ1v) is 10.3. The number of hydrogen-bond donors (Lipinski definition) is 0. The van der Waals surface area contributed by atoms with Crippen LogP contribution in [0.1, 0.15) is 26.2 Å². The van der Waals surface area contributed by atoms with Gasteiger partial charge in [-0.05, 0) is 37.7 Å². The first-order valence-electron chi connectivity index (χ1n) is 8.65. The highest BCUT2D eigenvalue weighted by Crippen LogP contribution is 2.45. The van der Waals surface area contributed by atoms with Gasteiger partial charge in [-0.15, -0.1) is 0 Å². The van der Waals surface area contributed by atoms with Crippen LogP contribution in [-0.2, 0) is 14.8 Å². The van der Waals surface area contributed by atoms with E-state index in [4.69, 9.17) is 9.47 Å². The molecule has 1 spiro atoms. The molecule has 3 rings (SSSR count). The van der Waals surface area contributed by atoms with Crippen molar-refractivity contribution in [3.05, 3.63) is 24.4 Å². The molecule has 24 heavy (non-hydrogen) atoms. The van der Waals surface area contributed by atoms with E-state index >= 15 is 0 Å². The molecule has 1 unspecified atom stereocenters.